The van der Waals surface area contributed by atoms with Crippen LogP contribution in [0.4, 0.5) is 22.5 Å². The summed E-state index contributed by atoms with van der Waals surface area (Å²) in [5, 5.41) is 17.7. The van der Waals surface area contributed by atoms with Crippen LogP contribution in [-0.2, 0) is 9.59 Å². The molecule has 0 spiro atoms. The van der Waals surface area contributed by atoms with Crippen molar-refractivity contribution in [2.45, 2.75) is 26.7 Å². The van der Waals surface area contributed by atoms with Crippen LogP contribution in [0.5, 0.6) is 0 Å². The minimum atomic E-state index is -0.667. The topological polar surface area (TPSA) is 158 Å². The number of benzene rings is 1. The Labute approximate surface area is 197 Å². The second-order valence-corrected chi connectivity index (χ2v) is 8.25. The molecule has 33 heavy (non-hydrogen) atoms. The summed E-state index contributed by atoms with van der Waals surface area (Å²) in [7, 11) is 0. The number of hydrogen-bond donors (Lipinski definition) is 5. The fourth-order valence-electron chi connectivity index (χ4n) is 2.70. The number of halogens is 1. The molecule has 2 heterocycles. The van der Waals surface area contributed by atoms with Crippen molar-refractivity contribution >= 4 is 63.1 Å². The van der Waals surface area contributed by atoms with Gasteiger partial charge < -0.3 is 16.0 Å². The fourth-order valence-corrected chi connectivity index (χ4v) is 3.68. The van der Waals surface area contributed by atoms with Crippen molar-refractivity contribution in [1.29, 1.82) is 0 Å². The van der Waals surface area contributed by atoms with E-state index < -0.39 is 11.8 Å². The van der Waals surface area contributed by atoms with Crippen molar-refractivity contribution in [1.82, 2.24) is 20.4 Å². The Hall–Kier alpha value is -3.61. The van der Waals surface area contributed by atoms with Crippen LogP contribution >= 0.6 is 22.9 Å². The Bertz CT molecular complexity index is 1180. The molecule has 0 radical (unpaired) electrons. The molecule has 2 aromatic heterocycles. The van der Waals surface area contributed by atoms with Crippen LogP contribution in [0.1, 0.15) is 33.9 Å². The molecule has 0 saturated carbocycles. The van der Waals surface area contributed by atoms with Crippen molar-refractivity contribution in [3.63, 3.8) is 0 Å². The summed E-state index contributed by atoms with van der Waals surface area (Å²) in [6, 6.07) is 6.83. The lowest BCUT2D eigenvalue weighted by atomic mass is 10.2. The third-order valence-electron chi connectivity index (χ3n) is 4.23. The van der Waals surface area contributed by atoms with Gasteiger partial charge in [0.15, 0.2) is 5.13 Å². The molecule has 1 aromatic carbocycles. The van der Waals surface area contributed by atoms with Gasteiger partial charge in [-0.25, -0.2) is 20.4 Å². The second kappa shape index (κ2) is 10.8. The van der Waals surface area contributed by atoms with E-state index in [0.29, 0.717) is 32.4 Å². The molecule has 3 aromatic rings. The fraction of sp³-hybridized carbons (Fsp3) is 0.200. The van der Waals surface area contributed by atoms with Crippen molar-refractivity contribution < 1.29 is 19.6 Å². The zero-order valence-corrected chi connectivity index (χ0v) is 19.2. The lowest BCUT2D eigenvalue weighted by Crippen LogP contribution is -2.21. The summed E-state index contributed by atoms with van der Waals surface area (Å²) >= 11 is 7.28. The van der Waals surface area contributed by atoms with E-state index in [0.717, 1.165) is 16.9 Å². The summed E-state index contributed by atoms with van der Waals surface area (Å²) in [5.41, 5.74) is 2.84. The molecule has 0 aliphatic heterocycles. The maximum atomic E-state index is 12.6. The van der Waals surface area contributed by atoms with E-state index in [2.05, 4.69) is 30.9 Å². The van der Waals surface area contributed by atoms with Gasteiger partial charge in [0.25, 0.3) is 5.91 Å². The van der Waals surface area contributed by atoms with Gasteiger partial charge >= 0.3 is 0 Å². The van der Waals surface area contributed by atoms with Crippen LogP contribution in [0.15, 0.2) is 30.5 Å². The summed E-state index contributed by atoms with van der Waals surface area (Å²) in [6.45, 7) is 3.49. The largest absolute Gasteiger partial charge is 0.320 e. The van der Waals surface area contributed by atoms with Crippen molar-refractivity contribution in [3.05, 3.63) is 51.7 Å². The molecular formula is C20H20ClN7O4S. The zero-order valence-electron chi connectivity index (χ0n) is 17.6. The van der Waals surface area contributed by atoms with E-state index in [1.165, 1.54) is 17.7 Å². The Balaban J connectivity index is 1.66. The highest BCUT2D eigenvalue weighted by atomic mass is 35.5. The SMILES string of the molecule is Cc1nc(NC(=O)CCC(=O)NO)cc(Nc2ncc(C(=O)Nc3c(C)cccc3Cl)s2)n1. The van der Waals surface area contributed by atoms with Gasteiger partial charge in [0.1, 0.15) is 22.3 Å². The molecule has 5 N–H and O–H groups in total. The van der Waals surface area contributed by atoms with Gasteiger partial charge in [-0.1, -0.05) is 35.1 Å². The first-order valence-electron chi connectivity index (χ1n) is 9.63. The van der Waals surface area contributed by atoms with Crippen molar-refractivity contribution in [3.8, 4) is 0 Å². The van der Waals surface area contributed by atoms with Gasteiger partial charge in [-0.05, 0) is 25.5 Å². The quantitative estimate of drug-likeness (QED) is 0.238. The van der Waals surface area contributed by atoms with Gasteiger partial charge in [0.2, 0.25) is 11.8 Å². The molecule has 0 unspecified atom stereocenters. The van der Waals surface area contributed by atoms with Gasteiger partial charge in [-0.2, -0.15) is 0 Å². The molecule has 3 rings (SSSR count). The summed E-state index contributed by atoms with van der Waals surface area (Å²) < 4.78 is 0. The number of amides is 3. The number of anilines is 4. The number of aromatic nitrogens is 3. The summed E-state index contributed by atoms with van der Waals surface area (Å²) in [5.74, 6) is -0.509. The van der Waals surface area contributed by atoms with Crippen LogP contribution in [0.3, 0.4) is 0 Å². The van der Waals surface area contributed by atoms with E-state index in [4.69, 9.17) is 16.8 Å². The summed E-state index contributed by atoms with van der Waals surface area (Å²) in [6.07, 6.45) is 1.13. The molecule has 0 aliphatic carbocycles. The highest BCUT2D eigenvalue weighted by Crippen LogP contribution is 2.28. The smallest absolute Gasteiger partial charge is 0.267 e. The lowest BCUT2D eigenvalue weighted by molar-refractivity contribution is -0.131. The van der Waals surface area contributed by atoms with Crippen molar-refractivity contribution in [2.24, 2.45) is 0 Å². The predicted octanol–water partition coefficient (Wildman–Crippen LogP) is 3.42. The molecular weight excluding hydrogens is 470 g/mol. The Morgan fingerprint density at radius 1 is 1.06 bits per heavy atom. The van der Waals surface area contributed by atoms with Crippen LogP contribution in [0.2, 0.25) is 5.02 Å². The minimum absolute atomic E-state index is 0.131. The average Bonchev–Trinajstić information content (AvgIpc) is 3.22. The van der Waals surface area contributed by atoms with E-state index in [1.807, 2.05) is 13.0 Å². The first kappa shape index (κ1) is 24.0. The molecule has 11 nitrogen and oxygen atoms in total. The standard InChI is InChI=1S/C20H20ClN7O4S/c1-10-4-3-5-12(21)18(10)27-19(31)13-9-22-20(33-13)26-15-8-14(23-11(2)24-15)25-16(29)6-7-17(30)28-32/h3-5,8-9,32H,6-7H2,1-2H3,(H,27,31)(H,28,30)(H2,22,23,24,25,26,29). The molecule has 0 saturated heterocycles. The van der Waals surface area contributed by atoms with Gasteiger partial charge in [-0.15, -0.1) is 0 Å². The number of aryl methyl sites for hydroxylation is 2. The maximum absolute atomic E-state index is 12.6. The second-order valence-electron chi connectivity index (χ2n) is 6.81. The molecule has 172 valence electrons. The first-order chi connectivity index (χ1) is 15.7. The van der Waals surface area contributed by atoms with E-state index in [1.54, 1.807) is 19.1 Å². The first-order valence-corrected chi connectivity index (χ1v) is 10.8. The number of para-hydroxylation sites is 1. The van der Waals surface area contributed by atoms with Gasteiger partial charge in [-0.3, -0.25) is 19.6 Å². The molecule has 0 aliphatic rings. The van der Waals surface area contributed by atoms with Crippen molar-refractivity contribution in [2.75, 3.05) is 16.0 Å². The monoisotopic (exact) mass is 489 g/mol. The molecule has 0 atom stereocenters. The number of carbonyl (C=O) groups excluding carboxylic acids is 3. The average molecular weight is 490 g/mol. The van der Waals surface area contributed by atoms with Crippen LogP contribution in [0, 0.1) is 13.8 Å². The van der Waals surface area contributed by atoms with E-state index in [9.17, 15) is 14.4 Å². The van der Waals surface area contributed by atoms with Gasteiger partial charge in [0.05, 0.1) is 16.9 Å². The zero-order chi connectivity index (χ0) is 24.0. The Kier molecular flexibility index (Phi) is 7.87. The number of hydrogen-bond acceptors (Lipinski definition) is 9. The third kappa shape index (κ3) is 6.68. The Morgan fingerprint density at radius 3 is 2.52 bits per heavy atom. The minimum Gasteiger partial charge on any atom is -0.320 e. The highest BCUT2D eigenvalue weighted by Gasteiger charge is 2.15. The number of nitrogens with zero attached hydrogens (tertiary/aromatic N) is 3. The number of hydroxylamine groups is 1. The van der Waals surface area contributed by atoms with E-state index in [-0.39, 0.29) is 24.6 Å². The number of nitrogens with one attached hydrogen (secondary N) is 4. The third-order valence-corrected chi connectivity index (χ3v) is 5.46. The highest BCUT2D eigenvalue weighted by molar-refractivity contribution is 7.17. The molecule has 0 fully saturated rings. The number of rotatable bonds is 8. The molecule has 0 bridgehead atoms. The van der Waals surface area contributed by atoms with E-state index >= 15 is 0 Å². The normalized spacial score (nSPS) is 10.4. The molecule has 3 amide bonds. The van der Waals surface area contributed by atoms with Crippen LogP contribution in [-0.4, -0.2) is 37.9 Å². The Morgan fingerprint density at radius 2 is 1.79 bits per heavy atom. The molecule has 13 heteroatoms. The maximum Gasteiger partial charge on any atom is 0.267 e. The van der Waals surface area contributed by atoms with Crippen LogP contribution < -0.4 is 21.4 Å². The van der Waals surface area contributed by atoms with Gasteiger partial charge in [0, 0.05) is 18.9 Å². The van der Waals surface area contributed by atoms with Crippen LogP contribution in [0.25, 0.3) is 0 Å². The number of carbonyl (C=O) groups is 3. The number of thiazole rings is 1. The summed E-state index contributed by atoms with van der Waals surface area (Å²) in [4.78, 5) is 48.6. The predicted molar refractivity (Wildman–Crippen MR) is 124 cm³/mol. The lowest BCUT2D eigenvalue weighted by Gasteiger charge is -2.09.